The van der Waals surface area contributed by atoms with Crippen molar-refractivity contribution >= 4 is 39.3 Å². The lowest BCUT2D eigenvalue weighted by molar-refractivity contribution is -0.147. The number of amides is 1. The molecule has 0 bridgehead atoms. The van der Waals surface area contributed by atoms with E-state index >= 15 is 0 Å². The number of aryl methyl sites for hydroxylation is 2. The maximum absolute atomic E-state index is 12.3. The van der Waals surface area contributed by atoms with E-state index in [0.717, 1.165) is 0 Å². The lowest BCUT2D eigenvalue weighted by atomic mass is 10.3. The number of hydrogen-bond acceptors (Lipinski definition) is 7. The molecule has 0 saturated heterocycles. The first-order chi connectivity index (χ1) is 14.1. The molecule has 0 unspecified atom stereocenters. The van der Waals surface area contributed by atoms with Crippen LogP contribution < -0.4 is 10.0 Å². The number of esters is 1. The van der Waals surface area contributed by atoms with Gasteiger partial charge in [-0.1, -0.05) is 11.8 Å². The smallest absolute Gasteiger partial charge is 0.307 e. The van der Waals surface area contributed by atoms with Gasteiger partial charge in [-0.25, -0.2) is 18.1 Å². The Kier molecular flexibility index (Phi) is 8.32. The minimum absolute atomic E-state index is 0.159. The maximum Gasteiger partial charge on any atom is 0.307 e. The number of anilines is 1. The van der Waals surface area contributed by atoms with Gasteiger partial charge in [0.2, 0.25) is 0 Å². The van der Waals surface area contributed by atoms with Gasteiger partial charge < -0.3 is 14.6 Å². The van der Waals surface area contributed by atoms with Gasteiger partial charge in [-0.2, -0.15) is 8.78 Å². The highest BCUT2D eigenvalue weighted by Crippen LogP contribution is 2.26. The van der Waals surface area contributed by atoms with Crippen LogP contribution in [0, 0.1) is 6.92 Å². The highest BCUT2D eigenvalue weighted by Gasteiger charge is 2.19. The van der Waals surface area contributed by atoms with E-state index in [-0.39, 0.29) is 18.0 Å². The van der Waals surface area contributed by atoms with Crippen LogP contribution in [-0.2, 0) is 31.4 Å². The molecule has 0 radical (unpaired) electrons. The third-order valence-corrected chi connectivity index (χ3v) is 5.76. The number of halogens is 2. The SMILES string of the molecule is Cc1nc(S(=O)(=O)NCCC(=O)OCC(=O)Nc2ccc(SC(F)F)cc2)cn1C. The van der Waals surface area contributed by atoms with E-state index < -0.39 is 34.3 Å². The van der Waals surface area contributed by atoms with Crippen molar-refractivity contribution in [3.05, 3.63) is 36.3 Å². The van der Waals surface area contributed by atoms with Gasteiger partial charge in [0.05, 0.1) is 6.42 Å². The Morgan fingerprint density at radius 1 is 1.27 bits per heavy atom. The summed E-state index contributed by atoms with van der Waals surface area (Å²) in [6.07, 6.45) is 1.07. The number of carbonyl (C=O) groups is 2. The first-order valence-corrected chi connectivity index (χ1v) is 10.9. The topological polar surface area (TPSA) is 119 Å². The standard InChI is InChI=1S/C17H20F2N4O5S2/c1-11-21-15(9-23(11)2)30(26,27)20-8-7-16(25)28-10-14(24)22-12-3-5-13(6-4-12)29-17(18)19/h3-6,9,17,20H,7-8,10H2,1-2H3,(H,22,24). The van der Waals surface area contributed by atoms with Gasteiger partial charge in [-0.15, -0.1) is 0 Å². The number of nitrogens with one attached hydrogen (secondary N) is 2. The van der Waals surface area contributed by atoms with E-state index in [1.54, 1.807) is 18.5 Å². The molecule has 164 valence electrons. The summed E-state index contributed by atoms with van der Waals surface area (Å²) < 4.78 is 57.3. The largest absolute Gasteiger partial charge is 0.456 e. The summed E-state index contributed by atoms with van der Waals surface area (Å²) in [5, 5.41) is 2.29. The summed E-state index contributed by atoms with van der Waals surface area (Å²) >= 11 is 0.381. The molecule has 1 heterocycles. The molecule has 30 heavy (non-hydrogen) atoms. The molecule has 2 aromatic rings. The van der Waals surface area contributed by atoms with Crippen molar-refractivity contribution in [1.82, 2.24) is 14.3 Å². The number of sulfonamides is 1. The number of benzene rings is 1. The molecule has 1 aromatic heterocycles. The number of carbonyl (C=O) groups excluding carboxylic acids is 2. The molecule has 9 nitrogen and oxygen atoms in total. The molecule has 13 heteroatoms. The number of nitrogens with zero attached hydrogens (tertiary/aromatic N) is 2. The second kappa shape index (κ2) is 10.5. The average molecular weight is 462 g/mol. The van der Waals surface area contributed by atoms with Crippen LogP contribution in [0.1, 0.15) is 12.2 Å². The highest BCUT2D eigenvalue weighted by atomic mass is 32.2. The molecule has 1 amide bonds. The molecule has 1 aromatic carbocycles. The predicted molar refractivity (Wildman–Crippen MR) is 106 cm³/mol. The number of alkyl halides is 2. The Balaban J connectivity index is 1.71. The van der Waals surface area contributed by atoms with E-state index in [2.05, 4.69) is 15.0 Å². The number of imidazole rings is 1. The number of aromatic nitrogens is 2. The van der Waals surface area contributed by atoms with Crippen LogP contribution in [0.3, 0.4) is 0 Å². The zero-order valence-corrected chi connectivity index (χ0v) is 17.7. The van der Waals surface area contributed by atoms with Crippen molar-refractivity contribution in [2.45, 2.75) is 29.0 Å². The van der Waals surface area contributed by atoms with Crippen molar-refractivity contribution in [2.24, 2.45) is 7.05 Å². The zero-order valence-electron chi connectivity index (χ0n) is 16.1. The maximum atomic E-state index is 12.3. The van der Waals surface area contributed by atoms with Crippen molar-refractivity contribution in [2.75, 3.05) is 18.5 Å². The van der Waals surface area contributed by atoms with Crippen LogP contribution in [0.2, 0.25) is 0 Å². The van der Waals surface area contributed by atoms with Gasteiger partial charge >= 0.3 is 5.97 Å². The third kappa shape index (κ3) is 7.39. The summed E-state index contributed by atoms with van der Waals surface area (Å²) in [6.45, 7) is 0.860. The first-order valence-electron chi connectivity index (χ1n) is 8.57. The second-order valence-electron chi connectivity index (χ2n) is 6.00. The Labute approximate surface area is 176 Å². The molecular weight excluding hydrogens is 442 g/mol. The molecule has 0 aliphatic rings. The van der Waals surface area contributed by atoms with Gasteiger partial charge in [-0.05, 0) is 31.2 Å². The van der Waals surface area contributed by atoms with Crippen molar-refractivity contribution in [3.8, 4) is 0 Å². The zero-order chi connectivity index (χ0) is 22.3. The minimum atomic E-state index is -3.86. The fourth-order valence-corrected chi connectivity index (χ4v) is 3.72. The van der Waals surface area contributed by atoms with Crippen molar-refractivity contribution < 1.29 is 31.5 Å². The fourth-order valence-electron chi connectivity index (χ4n) is 2.15. The molecular formula is C17H20F2N4O5S2. The second-order valence-corrected chi connectivity index (χ2v) is 8.77. The quantitative estimate of drug-likeness (QED) is 0.409. The lowest BCUT2D eigenvalue weighted by Gasteiger charge is -2.08. The van der Waals surface area contributed by atoms with Gasteiger partial charge in [-0.3, -0.25) is 9.59 Å². The van der Waals surface area contributed by atoms with Crippen LogP contribution in [0.15, 0.2) is 40.4 Å². The molecule has 0 aliphatic carbocycles. The van der Waals surface area contributed by atoms with Gasteiger partial charge in [0.1, 0.15) is 5.82 Å². The normalized spacial score (nSPS) is 11.5. The molecule has 2 N–H and O–H groups in total. The van der Waals surface area contributed by atoms with Crippen molar-refractivity contribution in [3.63, 3.8) is 0 Å². The third-order valence-electron chi connectivity index (χ3n) is 3.71. The first kappa shape index (κ1) is 23.8. The Morgan fingerprint density at radius 3 is 2.50 bits per heavy atom. The summed E-state index contributed by atoms with van der Waals surface area (Å²) in [6, 6.07) is 5.73. The molecule has 2 rings (SSSR count). The monoisotopic (exact) mass is 462 g/mol. The Hall–Kier alpha value is -2.51. The predicted octanol–water partition coefficient (Wildman–Crippen LogP) is 1.89. The van der Waals surface area contributed by atoms with Crippen LogP contribution >= 0.6 is 11.8 Å². The molecule has 0 atom stereocenters. The number of ether oxygens (including phenoxy) is 1. The number of thioether (sulfide) groups is 1. The van der Waals surface area contributed by atoms with Crippen molar-refractivity contribution in [1.29, 1.82) is 0 Å². The molecule has 0 aliphatic heterocycles. The van der Waals surface area contributed by atoms with Crippen LogP contribution in [0.25, 0.3) is 0 Å². The molecule has 0 fully saturated rings. The highest BCUT2D eigenvalue weighted by molar-refractivity contribution is 7.99. The molecule has 0 spiro atoms. The molecule has 0 saturated carbocycles. The van der Waals surface area contributed by atoms with Gasteiger partial charge in [0.25, 0.3) is 21.7 Å². The summed E-state index contributed by atoms with van der Waals surface area (Å²) in [5.41, 5.74) is 0.355. The summed E-state index contributed by atoms with van der Waals surface area (Å²) in [4.78, 5) is 27.7. The van der Waals surface area contributed by atoms with E-state index in [0.29, 0.717) is 28.2 Å². The van der Waals surface area contributed by atoms with Gasteiger partial charge in [0, 0.05) is 30.4 Å². The fraction of sp³-hybridized carbons (Fsp3) is 0.353. The van der Waals surface area contributed by atoms with E-state index in [1.165, 1.54) is 30.5 Å². The summed E-state index contributed by atoms with van der Waals surface area (Å²) in [5.74, 6) is -3.42. The number of hydrogen-bond donors (Lipinski definition) is 2. The Morgan fingerprint density at radius 2 is 1.93 bits per heavy atom. The Bertz CT molecular complexity index is 975. The lowest BCUT2D eigenvalue weighted by Crippen LogP contribution is -2.28. The van der Waals surface area contributed by atoms with Crippen LogP contribution in [-0.4, -0.2) is 48.8 Å². The van der Waals surface area contributed by atoms with E-state index in [4.69, 9.17) is 4.74 Å². The summed E-state index contributed by atoms with van der Waals surface area (Å²) in [7, 11) is -2.21. The van der Waals surface area contributed by atoms with Crippen LogP contribution in [0.4, 0.5) is 14.5 Å². The number of rotatable bonds is 10. The van der Waals surface area contributed by atoms with E-state index in [1.807, 2.05) is 0 Å². The van der Waals surface area contributed by atoms with Crippen LogP contribution in [0.5, 0.6) is 0 Å². The average Bonchev–Trinajstić information content (AvgIpc) is 3.01. The van der Waals surface area contributed by atoms with E-state index in [9.17, 15) is 26.8 Å². The minimum Gasteiger partial charge on any atom is -0.456 e. The van der Waals surface area contributed by atoms with Gasteiger partial charge in [0.15, 0.2) is 11.6 Å².